The van der Waals surface area contributed by atoms with Crippen LogP contribution in [0, 0.1) is 0 Å². The molecule has 2 aliphatic rings. The predicted octanol–water partition coefficient (Wildman–Crippen LogP) is 4.34. The molecule has 0 aliphatic carbocycles. The molecule has 2 aliphatic heterocycles. The molecule has 150 valence electrons. The van der Waals surface area contributed by atoms with Crippen molar-refractivity contribution in [2.24, 2.45) is 0 Å². The van der Waals surface area contributed by atoms with E-state index in [2.05, 4.69) is 4.98 Å². The molecule has 2 saturated heterocycles. The van der Waals surface area contributed by atoms with Crippen LogP contribution in [0.25, 0.3) is 11.3 Å². The Labute approximate surface area is 173 Å². The lowest BCUT2D eigenvalue weighted by atomic mass is 10.0. The first kappa shape index (κ1) is 19.7. The molecule has 1 unspecified atom stereocenters. The Hall–Kier alpha value is -1.60. The van der Waals surface area contributed by atoms with Crippen LogP contribution in [0.4, 0.5) is 0 Å². The molecule has 4 rings (SSSR count). The quantitative estimate of drug-likeness (QED) is 0.714. The maximum Gasteiger partial charge on any atom is 0.223 e. The number of oxazole rings is 1. The lowest BCUT2D eigenvalue weighted by Crippen LogP contribution is -2.50. The number of aromatic nitrogens is 1. The van der Waals surface area contributed by atoms with Crippen molar-refractivity contribution in [3.8, 4) is 11.3 Å². The van der Waals surface area contributed by atoms with Gasteiger partial charge in [-0.15, -0.1) is 0 Å². The summed E-state index contributed by atoms with van der Waals surface area (Å²) in [6.07, 6.45) is 5.09. The highest BCUT2D eigenvalue weighted by molar-refractivity contribution is 6.36. The van der Waals surface area contributed by atoms with Gasteiger partial charge in [0.1, 0.15) is 0 Å². The van der Waals surface area contributed by atoms with Crippen LogP contribution in [0.15, 0.2) is 28.8 Å². The van der Waals surface area contributed by atoms with Gasteiger partial charge in [-0.3, -0.25) is 4.79 Å². The Bertz CT molecular complexity index is 835. The highest BCUT2D eigenvalue weighted by Crippen LogP contribution is 2.31. The zero-order chi connectivity index (χ0) is 19.5. The molecular weight excluding hydrogens is 403 g/mol. The minimum atomic E-state index is -0.301. The van der Waals surface area contributed by atoms with Gasteiger partial charge in [-0.1, -0.05) is 23.2 Å². The summed E-state index contributed by atoms with van der Waals surface area (Å²) in [5.74, 6) is 1.15. The normalized spacial score (nSPS) is 20.6. The van der Waals surface area contributed by atoms with Crippen molar-refractivity contribution in [3.63, 3.8) is 0 Å². The molecule has 0 spiro atoms. The van der Waals surface area contributed by atoms with Crippen LogP contribution in [0.3, 0.4) is 0 Å². The minimum absolute atomic E-state index is 0.00301. The standard InChI is InChI=1S/C20H22Cl2N2O4/c21-13-4-5-14(15(22)11-13)17-12-23-18(28-17)6-7-19(25)24-8-2-1-3-16(24)20-26-9-10-27-20/h4-5,11-12,16,20H,1-3,6-10H2. The van der Waals surface area contributed by atoms with Gasteiger partial charge in [-0.25, -0.2) is 4.98 Å². The summed E-state index contributed by atoms with van der Waals surface area (Å²) in [6.45, 7) is 1.93. The fourth-order valence-electron chi connectivity index (χ4n) is 3.75. The lowest BCUT2D eigenvalue weighted by Gasteiger charge is -2.38. The zero-order valence-corrected chi connectivity index (χ0v) is 16.9. The summed E-state index contributed by atoms with van der Waals surface area (Å²) in [4.78, 5) is 19.0. The Morgan fingerprint density at radius 1 is 1.21 bits per heavy atom. The Morgan fingerprint density at radius 2 is 2.04 bits per heavy atom. The molecule has 0 saturated carbocycles. The minimum Gasteiger partial charge on any atom is -0.441 e. The van der Waals surface area contributed by atoms with Gasteiger partial charge in [0, 0.05) is 30.0 Å². The summed E-state index contributed by atoms with van der Waals surface area (Å²) in [7, 11) is 0. The number of nitrogens with zero attached hydrogens (tertiary/aromatic N) is 2. The van der Waals surface area contributed by atoms with E-state index in [4.69, 9.17) is 37.1 Å². The second-order valence-corrected chi connectivity index (χ2v) is 7.85. The molecule has 1 amide bonds. The second-order valence-electron chi connectivity index (χ2n) is 7.00. The first-order valence-electron chi connectivity index (χ1n) is 9.54. The topological polar surface area (TPSA) is 64.8 Å². The summed E-state index contributed by atoms with van der Waals surface area (Å²) >= 11 is 12.2. The molecule has 1 atom stereocenters. The third kappa shape index (κ3) is 4.35. The largest absolute Gasteiger partial charge is 0.441 e. The highest BCUT2D eigenvalue weighted by Gasteiger charge is 2.36. The smallest absolute Gasteiger partial charge is 0.223 e. The average Bonchev–Trinajstić information content (AvgIpc) is 3.38. The van der Waals surface area contributed by atoms with Crippen LogP contribution in [-0.4, -0.2) is 47.9 Å². The first-order valence-corrected chi connectivity index (χ1v) is 10.3. The monoisotopic (exact) mass is 424 g/mol. The molecule has 0 N–H and O–H groups in total. The van der Waals surface area contributed by atoms with Crippen molar-refractivity contribution < 1.29 is 18.7 Å². The fourth-order valence-corrected chi connectivity index (χ4v) is 4.25. The zero-order valence-electron chi connectivity index (χ0n) is 15.4. The number of amides is 1. The predicted molar refractivity (Wildman–Crippen MR) is 105 cm³/mol. The van der Waals surface area contributed by atoms with E-state index in [1.807, 2.05) is 4.90 Å². The third-order valence-electron chi connectivity index (χ3n) is 5.13. The van der Waals surface area contributed by atoms with Crippen LogP contribution >= 0.6 is 23.2 Å². The van der Waals surface area contributed by atoms with E-state index in [1.54, 1.807) is 24.4 Å². The van der Waals surface area contributed by atoms with E-state index >= 15 is 0 Å². The SMILES string of the molecule is O=C(CCc1ncc(-c2ccc(Cl)cc2Cl)o1)N1CCCCC1C1OCCO1. The van der Waals surface area contributed by atoms with E-state index in [1.165, 1.54) is 0 Å². The number of ether oxygens (including phenoxy) is 2. The van der Waals surface area contributed by atoms with Gasteiger partial charge in [-0.2, -0.15) is 0 Å². The number of piperidine rings is 1. The molecule has 0 radical (unpaired) electrons. The van der Waals surface area contributed by atoms with Gasteiger partial charge in [0.05, 0.1) is 30.5 Å². The number of hydrogen-bond acceptors (Lipinski definition) is 5. The summed E-state index contributed by atoms with van der Waals surface area (Å²) in [5, 5.41) is 1.06. The summed E-state index contributed by atoms with van der Waals surface area (Å²) in [5.41, 5.74) is 0.725. The number of carbonyl (C=O) groups is 1. The van der Waals surface area contributed by atoms with Crippen molar-refractivity contribution in [3.05, 3.63) is 40.3 Å². The van der Waals surface area contributed by atoms with Gasteiger partial charge in [0.2, 0.25) is 5.91 Å². The molecule has 3 heterocycles. The fraction of sp³-hybridized carbons (Fsp3) is 0.500. The van der Waals surface area contributed by atoms with E-state index in [-0.39, 0.29) is 18.2 Å². The molecule has 28 heavy (non-hydrogen) atoms. The maximum absolute atomic E-state index is 12.8. The molecule has 1 aromatic carbocycles. The average molecular weight is 425 g/mol. The Morgan fingerprint density at radius 3 is 2.82 bits per heavy atom. The van der Waals surface area contributed by atoms with E-state index in [0.717, 1.165) is 31.4 Å². The Balaban J connectivity index is 1.38. The number of benzene rings is 1. The van der Waals surface area contributed by atoms with Gasteiger partial charge >= 0.3 is 0 Å². The van der Waals surface area contributed by atoms with Crippen LogP contribution < -0.4 is 0 Å². The number of carbonyl (C=O) groups excluding carboxylic acids is 1. The van der Waals surface area contributed by atoms with Crippen molar-refractivity contribution in [2.45, 2.75) is 44.4 Å². The number of aryl methyl sites for hydroxylation is 1. The number of likely N-dealkylation sites (tertiary alicyclic amines) is 1. The maximum atomic E-state index is 12.8. The first-order chi connectivity index (χ1) is 13.6. The second kappa shape index (κ2) is 8.82. The molecule has 2 fully saturated rings. The number of hydrogen-bond donors (Lipinski definition) is 0. The Kier molecular flexibility index (Phi) is 6.21. The summed E-state index contributed by atoms with van der Waals surface area (Å²) < 4.78 is 17.1. The number of rotatable bonds is 5. The van der Waals surface area contributed by atoms with Gasteiger partial charge < -0.3 is 18.8 Å². The summed E-state index contributed by atoms with van der Waals surface area (Å²) in [6, 6.07) is 5.20. The van der Waals surface area contributed by atoms with E-state index in [0.29, 0.717) is 47.8 Å². The van der Waals surface area contributed by atoms with Crippen LogP contribution in [0.2, 0.25) is 10.0 Å². The van der Waals surface area contributed by atoms with Crippen molar-refractivity contribution in [2.75, 3.05) is 19.8 Å². The molecule has 2 aromatic rings. The van der Waals surface area contributed by atoms with Crippen molar-refractivity contribution in [1.29, 1.82) is 0 Å². The molecule has 1 aromatic heterocycles. The lowest BCUT2D eigenvalue weighted by molar-refractivity contribution is -0.150. The van der Waals surface area contributed by atoms with E-state index in [9.17, 15) is 4.79 Å². The van der Waals surface area contributed by atoms with Crippen molar-refractivity contribution >= 4 is 29.1 Å². The van der Waals surface area contributed by atoms with Gasteiger partial charge in [0.15, 0.2) is 17.9 Å². The highest BCUT2D eigenvalue weighted by atomic mass is 35.5. The molecular formula is C20H22Cl2N2O4. The van der Waals surface area contributed by atoms with E-state index < -0.39 is 0 Å². The molecule has 8 heteroatoms. The molecule has 0 bridgehead atoms. The van der Waals surface area contributed by atoms with Crippen LogP contribution in [0.1, 0.15) is 31.6 Å². The number of halogens is 2. The van der Waals surface area contributed by atoms with Crippen molar-refractivity contribution in [1.82, 2.24) is 9.88 Å². The van der Waals surface area contributed by atoms with Crippen LogP contribution in [-0.2, 0) is 20.7 Å². The molecule has 6 nitrogen and oxygen atoms in total. The van der Waals surface area contributed by atoms with Crippen LogP contribution in [0.5, 0.6) is 0 Å². The van der Waals surface area contributed by atoms with Gasteiger partial charge in [-0.05, 0) is 37.5 Å². The van der Waals surface area contributed by atoms with Gasteiger partial charge in [0.25, 0.3) is 0 Å². The third-order valence-corrected chi connectivity index (χ3v) is 5.68.